The Labute approximate surface area is 86.5 Å². The molecule has 15 heavy (non-hydrogen) atoms. The number of benzene rings is 1. The van der Waals surface area contributed by atoms with Crippen LogP contribution in [0.2, 0.25) is 0 Å². The van der Waals surface area contributed by atoms with Crippen molar-refractivity contribution in [1.29, 1.82) is 0 Å². The van der Waals surface area contributed by atoms with Crippen LogP contribution in [0.15, 0.2) is 35.5 Å². The summed E-state index contributed by atoms with van der Waals surface area (Å²) < 4.78 is 5.25. The highest BCUT2D eigenvalue weighted by Gasteiger charge is 2.42. The molecular weight excluding hydrogens is 196 g/mol. The summed E-state index contributed by atoms with van der Waals surface area (Å²) in [5.41, 5.74) is 5.85. The maximum atomic E-state index is 11.0. The Morgan fingerprint density at radius 2 is 2.07 bits per heavy atom. The highest BCUT2D eigenvalue weighted by molar-refractivity contribution is 5.97. The van der Waals surface area contributed by atoms with E-state index >= 15 is 0 Å². The number of carbonyl (C=O) groups is 1. The van der Waals surface area contributed by atoms with Crippen LogP contribution in [0.3, 0.4) is 0 Å². The molecule has 2 N–H and O–H groups in total. The van der Waals surface area contributed by atoms with Gasteiger partial charge in [0.2, 0.25) is 0 Å². The fraction of sp³-hybridized carbons (Fsp3) is 0.200. The van der Waals surface area contributed by atoms with Gasteiger partial charge in [-0.3, -0.25) is 4.79 Å². The third-order valence-corrected chi connectivity index (χ3v) is 2.06. The molecule has 0 aliphatic carbocycles. The first-order valence-electron chi connectivity index (χ1n) is 4.42. The molecule has 0 bridgehead atoms. The van der Waals surface area contributed by atoms with E-state index in [1.807, 2.05) is 18.2 Å². The molecule has 0 saturated carbocycles. The lowest BCUT2D eigenvalue weighted by Gasteiger charge is -2.16. The highest BCUT2D eigenvalue weighted by atomic mass is 16.8. The van der Waals surface area contributed by atoms with Crippen LogP contribution in [0.25, 0.3) is 0 Å². The number of hydrogen-bond acceptors (Lipinski definition) is 4. The quantitative estimate of drug-likeness (QED) is 0.769. The first-order valence-corrected chi connectivity index (χ1v) is 4.42. The van der Waals surface area contributed by atoms with Crippen LogP contribution < -0.4 is 5.73 Å². The second kappa shape index (κ2) is 3.27. The van der Waals surface area contributed by atoms with Gasteiger partial charge < -0.3 is 15.3 Å². The SMILES string of the molecule is CC1(C(N)=O)ON=C(c2ccccc2)O1. The maximum Gasteiger partial charge on any atom is 0.353 e. The fourth-order valence-corrected chi connectivity index (χ4v) is 1.14. The van der Waals surface area contributed by atoms with Gasteiger partial charge in [0.15, 0.2) is 0 Å². The average Bonchev–Trinajstić information content (AvgIpc) is 2.64. The van der Waals surface area contributed by atoms with E-state index in [2.05, 4.69) is 5.16 Å². The van der Waals surface area contributed by atoms with Crippen molar-refractivity contribution in [3.63, 3.8) is 0 Å². The van der Waals surface area contributed by atoms with E-state index in [0.29, 0.717) is 0 Å². The van der Waals surface area contributed by atoms with Crippen LogP contribution in [0, 0.1) is 0 Å². The highest BCUT2D eigenvalue weighted by Crippen LogP contribution is 2.22. The standard InChI is InChI=1S/C10H10N2O3/c1-10(9(11)13)14-8(12-15-10)7-5-3-2-4-6-7/h2-6H,1H3,(H2,11,13). The Bertz CT molecular complexity index is 416. The van der Waals surface area contributed by atoms with Gasteiger partial charge in [-0.1, -0.05) is 18.2 Å². The van der Waals surface area contributed by atoms with Gasteiger partial charge in [0.1, 0.15) is 0 Å². The molecular formula is C10H10N2O3. The van der Waals surface area contributed by atoms with Crippen molar-refractivity contribution in [3.8, 4) is 0 Å². The van der Waals surface area contributed by atoms with Crippen LogP contribution in [-0.2, 0) is 14.4 Å². The molecule has 1 aliphatic heterocycles. The minimum absolute atomic E-state index is 0.261. The Hall–Kier alpha value is -2.04. The molecule has 1 aromatic carbocycles. The fourth-order valence-electron chi connectivity index (χ4n) is 1.14. The average molecular weight is 206 g/mol. The zero-order chi connectivity index (χ0) is 10.9. The van der Waals surface area contributed by atoms with Crippen molar-refractivity contribution in [3.05, 3.63) is 35.9 Å². The third kappa shape index (κ3) is 1.63. The van der Waals surface area contributed by atoms with Gasteiger partial charge in [0.05, 0.1) is 0 Å². The predicted octanol–water partition coefficient (Wildman–Crippen LogP) is 0.596. The number of carbonyl (C=O) groups excluding carboxylic acids is 1. The number of hydrogen-bond donors (Lipinski definition) is 1. The molecule has 1 atom stereocenters. The molecule has 0 radical (unpaired) electrons. The van der Waals surface area contributed by atoms with Gasteiger partial charge in [-0.25, -0.2) is 0 Å². The first kappa shape index (κ1) is 9.51. The molecule has 1 heterocycles. The summed E-state index contributed by atoms with van der Waals surface area (Å²) in [4.78, 5) is 15.9. The van der Waals surface area contributed by atoms with Crippen molar-refractivity contribution < 1.29 is 14.4 Å². The Kier molecular flexibility index (Phi) is 2.07. The molecule has 1 aliphatic rings. The Morgan fingerprint density at radius 1 is 1.40 bits per heavy atom. The minimum Gasteiger partial charge on any atom is -0.422 e. The van der Waals surface area contributed by atoms with Gasteiger partial charge >= 0.3 is 11.7 Å². The number of nitrogens with two attached hydrogens (primary N) is 1. The molecule has 1 unspecified atom stereocenters. The summed E-state index contributed by atoms with van der Waals surface area (Å²) in [6.07, 6.45) is 0. The summed E-state index contributed by atoms with van der Waals surface area (Å²) in [7, 11) is 0. The first-order chi connectivity index (χ1) is 7.12. The second-order valence-electron chi connectivity index (χ2n) is 3.27. The molecule has 0 aromatic heterocycles. The summed E-state index contributed by atoms with van der Waals surface area (Å²) in [6.45, 7) is 1.43. The van der Waals surface area contributed by atoms with E-state index < -0.39 is 11.7 Å². The lowest BCUT2D eigenvalue weighted by atomic mass is 10.2. The molecule has 1 aromatic rings. The van der Waals surface area contributed by atoms with Gasteiger partial charge in [-0.15, -0.1) is 0 Å². The summed E-state index contributed by atoms with van der Waals surface area (Å²) in [5.74, 6) is -1.94. The van der Waals surface area contributed by atoms with Crippen LogP contribution >= 0.6 is 0 Å². The van der Waals surface area contributed by atoms with Gasteiger partial charge in [-0.05, 0) is 17.3 Å². The predicted molar refractivity (Wildman–Crippen MR) is 52.7 cm³/mol. The van der Waals surface area contributed by atoms with E-state index in [4.69, 9.17) is 15.3 Å². The van der Waals surface area contributed by atoms with E-state index in [0.717, 1.165) is 5.56 Å². The van der Waals surface area contributed by atoms with Crippen LogP contribution in [-0.4, -0.2) is 17.6 Å². The second-order valence-corrected chi connectivity index (χ2v) is 3.27. The van der Waals surface area contributed by atoms with Gasteiger partial charge in [0.25, 0.3) is 5.90 Å². The van der Waals surface area contributed by atoms with E-state index in [1.165, 1.54) is 6.92 Å². The largest absolute Gasteiger partial charge is 0.422 e. The Balaban J connectivity index is 2.21. The van der Waals surface area contributed by atoms with E-state index in [-0.39, 0.29) is 5.90 Å². The number of rotatable bonds is 2. The summed E-state index contributed by atoms with van der Waals surface area (Å²) >= 11 is 0. The Morgan fingerprint density at radius 3 is 2.60 bits per heavy atom. The molecule has 5 nitrogen and oxygen atoms in total. The van der Waals surface area contributed by atoms with Crippen LogP contribution in [0.5, 0.6) is 0 Å². The molecule has 78 valence electrons. The van der Waals surface area contributed by atoms with Crippen molar-refractivity contribution in [2.75, 3.05) is 0 Å². The van der Waals surface area contributed by atoms with Crippen molar-refractivity contribution >= 4 is 11.8 Å². The van der Waals surface area contributed by atoms with E-state index in [9.17, 15) is 4.79 Å². The third-order valence-electron chi connectivity index (χ3n) is 2.06. The molecule has 0 saturated heterocycles. The van der Waals surface area contributed by atoms with Crippen molar-refractivity contribution in [2.24, 2.45) is 10.9 Å². The topological polar surface area (TPSA) is 73.9 Å². The van der Waals surface area contributed by atoms with Crippen molar-refractivity contribution in [1.82, 2.24) is 0 Å². The number of primary amides is 1. The monoisotopic (exact) mass is 206 g/mol. The molecule has 5 heteroatoms. The summed E-state index contributed by atoms with van der Waals surface area (Å²) in [5, 5.41) is 3.67. The van der Waals surface area contributed by atoms with Gasteiger partial charge in [-0.2, -0.15) is 0 Å². The number of nitrogens with zero attached hydrogens (tertiary/aromatic N) is 1. The maximum absolute atomic E-state index is 11.0. The normalized spacial score (nSPS) is 23.9. The lowest BCUT2D eigenvalue weighted by molar-refractivity contribution is -0.173. The number of ether oxygens (including phenoxy) is 1. The zero-order valence-electron chi connectivity index (χ0n) is 8.14. The zero-order valence-corrected chi connectivity index (χ0v) is 8.14. The minimum atomic E-state index is -1.49. The van der Waals surface area contributed by atoms with Crippen molar-refractivity contribution in [2.45, 2.75) is 12.7 Å². The van der Waals surface area contributed by atoms with Gasteiger partial charge in [0, 0.05) is 12.5 Å². The van der Waals surface area contributed by atoms with Crippen LogP contribution in [0.1, 0.15) is 12.5 Å². The lowest BCUT2D eigenvalue weighted by Crippen LogP contribution is -2.43. The van der Waals surface area contributed by atoms with E-state index in [1.54, 1.807) is 12.1 Å². The van der Waals surface area contributed by atoms with Crippen LogP contribution in [0.4, 0.5) is 0 Å². The molecule has 0 spiro atoms. The smallest absolute Gasteiger partial charge is 0.353 e. The molecule has 1 amide bonds. The summed E-state index contributed by atoms with van der Waals surface area (Å²) in [6, 6.07) is 9.14. The molecule has 0 fully saturated rings. The number of amides is 1. The number of oxime groups is 1. The molecule has 2 rings (SSSR count).